The number of aliphatic hydroxyl groups is 9. The number of carboxylic acids is 1. The van der Waals surface area contributed by atoms with Crippen molar-refractivity contribution in [3.8, 4) is 0 Å². The van der Waals surface area contributed by atoms with E-state index in [1.54, 1.807) is 0 Å². The van der Waals surface area contributed by atoms with E-state index in [4.69, 9.17) is 18.9 Å². The van der Waals surface area contributed by atoms with Crippen molar-refractivity contribution in [1.29, 1.82) is 0 Å². The SMILES string of the molecule is C[C@H](CCC(=O)O)[C@H]1CC[C@H]2[C@@H]3[C@H](O[C@H]4O[C@H](CO)[C@@H](O)[C@H](O)[C@H]4O)C[C@@H]4C[C@@H](O)CC[C@]4(C)[C@H]3C[C@H](O[C@H]3O[C@H](CO)[C@@H](O)[C@H](O)[C@H]3O)[C@]12C. The predicted molar refractivity (Wildman–Crippen MR) is 175 cm³/mol. The van der Waals surface area contributed by atoms with E-state index in [0.29, 0.717) is 32.1 Å². The Morgan fingerprint density at radius 1 is 0.765 bits per heavy atom. The molecule has 15 nitrogen and oxygen atoms in total. The minimum atomic E-state index is -1.62. The van der Waals surface area contributed by atoms with Crippen LogP contribution in [0.4, 0.5) is 0 Å². The van der Waals surface area contributed by atoms with Crippen LogP contribution in [0.25, 0.3) is 0 Å². The topological polar surface area (TPSA) is 256 Å². The molecule has 0 radical (unpaired) electrons. The number of rotatable bonds is 10. The molecule has 0 amide bonds. The molecule has 4 aliphatic carbocycles. The number of hydrogen-bond acceptors (Lipinski definition) is 14. The van der Waals surface area contributed by atoms with Crippen LogP contribution < -0.4 is 0 Å². The van der Waals surface area contributed by atoms with E-state index in [-0.39, 0.29) is 47.3 Å². The molecule has 21 atom stereocenters. The van der Waals surface area contributed by atoms with Gasteiger partial charge in [0.2, 0.25) is 0 Å². The normalized spacial score (nSPS) is 53.5. The summed E-state index contributed by atoms with van der Waals surface area (Å²) in [6.07, 6.45) is -11.3. The van der Waals surface area contributed by atoms with Gasteiger partial charge in [-0.1, -0.05) is 20.8 Å². The lowest BCUT2D eigenvalue weighted by Gasteiger charge is -2.65. The van der Waals surface area contributed by atoms with Crippen molar-refractivity contribution in [1.82, 2.24) is 0 Å². The number of hydrogen-bond donors (Lipinski definition) is 10. The summed E-state index contributed by atoms with van der Waals surface area (Å²) in [4.78, 5) is 11.6. The van der Waals surface area contributed by atoms with Crippen molar-refractivity contribution in [3.05, 3.63) is 0 Å². The number of carboxylic acid groups (broad SMARTS) is 1. The molecule has 0 spiro atoms. The molecule has 6 aliphatic rings. The molecule has 4 saturated carbocycles. The minimum Gasteiger partial charge on any atom is -0.481 e. The highest BCUT2D eigenvalue weighted by Gasteiger charge is 2.68. The fourth-order valence-corrected chi connectivity index (χ4v) is 11.7. The highest BCUT2D eigenvalue weighted by Crippen LogP contribution is 2.69. The van der Waals surface area contributed by atoms with Crippen LogP contribution >= 0.6 is 0 Å². The third-order valence-corrected chi connectivity index (χ3v) is 14.6. The van der Waals surface area contributed by atoms with Crippen LogP contribution in [0.15, 0.2) is 0 Å². The second kappa shape index (κ2) is 15.2. The highest BCUT2D eigenvalue weighted by atomic mass is 16.7. The molecule has 15 heteroatoms. The molecule has 294 valence electrons. The molecular formula is C36H60O15. The minimum absolute atomic E-state index is 0.00124. The molecule has 6 fully saturated rings. The van der Waals surface area contributed by atoms with Gasteiger partial charge >= 0.3 is 5.97 Å². The van der Waals surface area contributed by atoms with E-state index in [1.165, 1.54) is 0 Å². The fraction of sp³-hybridized carbons (Fsp3) is 0.972. The standard InChI is InChI=1S/C36H60O15/c1-15(4-7-25(40)41)18-5-6-19-26-20(12-24(36(18,19)3)51-34-32(47)30(45)28(43)23(14-38)50-34)35(2)9-8-17(39)10-16(35)11-21(26)48-33-31(46)29(44)27(42)22(13-37)49-33/h15-24,26-34,37-39,42-47H,4-14H2,1-3H3,(H,40,41)/t15-,16+,17+,18-,19+,20+,21-,22-,23-,24+,26+,27-,28-,29+,30+,31-,32-,33+,34-,35+,36-/m1/s1. The Hall–Kier alpha value is -1.05. The number of carbonyl (C=O) groups is 1. The maximum atomic E-state index is 11.6. The van der Waals surface area contributed by atoms with Crippen molar-refractivity contribution in [2.45, 2.75) is 158 Å². The van der Waals surface area contributed by atoms with Gasteiger partial charge in [0, 0.05) is 11.8 Å². The van der Waals surface area contributed by atoms with Crippen molar-refractivity contribution in [3.63, 3.8) is 0 Å². The van der Waals surface area contributed by atoms with Gasteiger partial charge in [0.1, 0.15) is 48.8 Å². The zero-order valence-corrected chi connectivity index (χ0v) is 29.8. The molecular weight excluding hydrogens is 672 g/mol. The number of fused-ring (bicyclic) bond motifs is 5. The summed E-state index contributed by atoms with van der Waals surface area (Å²) >= 11 is 0. The van der Waals surface area contributed by atoms with Crippen LogP contribution in [0.1, 0.15) is 78.6 Å². The van der Waals surface area contributed by atoms with Gasteiger partial charge in [0.05, 0.1) is 31.5 Å². The van der Waals surface area contributed by atoms with E-state index >= 15 is 0 Å². The Morgan fingerprint density at radius 3 is 1.92 bits per heavy atom. The van der Waals surface area contributed by atoms with Crippen LogP contribution in [0.2, 0.25) is 0 Å². The van der Waals surface area contributed by atoms with Gasteiger partial charge in [-0.15, -0.1) is 0 Å². The predicted octanol–water partition coefficient (Wildman–Crippen LogP) is -0.903. The summed E-state index contributed by atoms with van der Waals surface area (Å²) in [6.45, 7) is 5.21. The molecule has 0 unspecified atom stereocenters. The first-order valence-corrected chi connectivity index (χ1v) is 18.9. The van der Waals surface area contributed by atoms with Gasteiger partial charge < -0.3 is 70.0 Å². The summed E-state index contributed by atoms with van der Waals surface area (Å²) < 4.78 is 25.2. The first-order valence-electron chi connectivity index (χ1n) is 18.9. The summed E-state index contributed by atoms with van der Waals surface area (Å²) in [5.74, 6) is -1.23. The maximum Gasteiger partial charge on any atom is 0.303 e. The monoisotopic (exact) mass is 732 g/mol. The average molecular weight is 733 g/mol. The Labute approximate surface area is 298 Å². The van der Waals surface area contributed by atoms with Crippen LogP contribution in [-0.2, 0) is 23.7 Å². The van der Waals surface area contributed by atoms with Gasteiger partial charge in [-0.25, -0.2) is 0 Å². The zero-order valence-electron chi connectivity index (χ0n) is 29.8. The third-order valence-electron chi connectivity index (χ3n) is 14.6. The van der Waals surface area contributed by atoms with Crippen molar-refractivity contribution in [2.75, 3.05) is 13.2 Å². The molecule has 0 bridgehead atoms. The smallest absolute Gasteiger partial charge is 0.303 e. The van der Waals surface area contributed by atoms with Crippen LogP contribution in [-0.4, -0.2) is 150 Å². The molecule has 6 rings (SSSR count). The lowest BCUT2D eigenvalue weighted by atomic mass is 9.43. The highest BCUT2D eigenvalue weighted by molar-refractivity contribution is 5.66. The quantitative estimate of drug-likeness (QED) is 0.122. The van der Waals surface area contributed by atoms with E-state index in [9.17, 15) is 55.9 Å². The van der Waals surface area contributed by atoms with Crippen molar-refractivity contribution >= 4 is 5.97 Å². The van der Waals surface area contributed by atoms with E-state index in [0.717, 1.165) is 19.3 Å². The second-order valence-electron chi connectivity index (χ2n) is 17.0. The molecule has 0 aromatic heterocycles. The molecule has 2 saturated heterocycles. The lowest BCUT2D eigenvalue weighted by molar-refractivity contribution is -0.346. The molecule has 51 heavy (non-hydrogen) atoms. The molecule has 2 heterocycles. The fourth-order valence-electron chi connectivity index (χ4n) is 11.7. The summed E-state index contributed by atoms with van der Waals surface area (Å²) in [6, 6.07) is 0. The Kier molecular flexibility index (Phi) is 11.8. The van der Waals surface area contributed by atoms with Gasteiger partial charge in [-0.2, -0.15) is 0 Å². The summed E-state index contributed by atoms with van der Waals surface area (Å²) in [5.41, 5.74) is -0.906. The molecule has 2 aliphatic heterocycles. The summed E-state index contributed by atoms with van der Waals surface area (Å²) in [7, 11) is 0. The van der Waals surface area contributed by atoms with Crippen LogP contribution in [0.5, 0.6) is 0 Å². The molecule has 0 aromatic carbocycles. The van der Waals surface area contributed by atoms with E-state index < -0.39 is 104 Å². The van der Waals surface area contributed by atoms with Crippen molar-refractivity contribution < 1.29 is 74.8 Å². The van der Waals surface area contributed by atoms with Crippen LogP contribution in [0, 0.1) is 46.3 Å². The van der Waals surface area contributed by atoms with Crippen molar-refractivity contribution in [2.24, 2.45) is 46.3 Å². The lowest BCUT2D eigenvalue weighted by Crippen LogP contribution is -2.66. The molecule has 10 N–H and O–H groups in total. The number of aliphatic carboxylic acids is 1. The number of ether oxygens (including phenoxy) is 4. The number of aliphatic hydroxyl groups excluding tert-OH is 9. The van der Waals surface area contributed by atoms with Crippen LogP contribution in [0.3, 0.4) is 0 Å². The van der Waals surface area contributed by atoms with Gasteiger partial charge in [-0.3, -0.25) is 4.79 Å². The average Bonchev–Trinajstić information content (AvgIpc) is 3.46. The van der Waals surface area contributed by atoms with Gasteiger partial charge in [-0.05, 0) is 92.3 Å². The Balaban J connectivity index is 1.39. The Morgan fingerprint density at radius 2 is 1.35 bits per heavy atom. The first-order chi connectivity index (χ1) is 24.1. The van der Waals surface area contributed by atoms with E-state index in [2.05, 4.69) is 13.8 Å². The van der Waals surface area contributed by atoms with E-state index in [1.807, 2.05) is 6.92 Å². The third kappa shape index (κ3) is 6.91. The zero-order chi connectivity index (χ0) is 37.2. The molecule has 0 aromatic rings. The first kappa shape index (κ1) is 39.6. The van der Waals surface area contributed by atoms with Gasteiger partial charge in [0.15, 0.2) is 12.6 Å². The summed E-state index contributed by atoms with van der Waals surface area (Å²) in [5, 5.41) is 104. The maximum absolute atomic E-state index is 11.6. The largest absolute Gasteiger partial charge is 0.481 e. The van der Waals surface area contributed by atoms with Gasteiger partial charge in [0.25, 0.3) is 0 Å². The Bertz CT molecular complexity index is 1210. The second-order valence-corrected chi connectivity index (χ2v) is 17.0.